The molecule has 0 bridgehead atoms. The van der Waals surface area contributed by atoms with Crippen molar-refractivity contribution in [3.05, 3.63) is 30.1 Å². The van der Waals surface area contributed by atoms with E-state index >= 15 is 0 Å². The first-order chi connectivity index (χ1) is 7.04. The molecule has 2 nitrogen and oxygen atoms in total. The van der Waals surface area contributed by atoms with E-state index in [4.69, 9.17) is 0 Å². The third-order valence-corrected chi connectivity index (χ3v) is 2.69. The van der Waals surface area contributed by atoms with Crippen molar-refractivity contribution in [3.63, 3.8) is 0 Å². The van der Waals surface area contributed by atoms with Gasteiger partial charge in [-0.05, 0) is 39.4 Å². The zero-order chi connectivity index (χ0) is 11.3. The summed E-state index contributed by atoms with van der Waals surface area (Å²) in [5, 5.41) is 0. The predicted octanol–water partition coefficient (Wildman–Crippen LogP) is 2.74. The molecule has 0 saturated heterocycles. The van der Waals surface area contributed by atoms with Gasteiger partial charge in [0.15, 0.2) is 0 Å². The number of likely N-dealkylation sites (N-methyl/N-ethyl adjacent to an activating group) is 1. The van der Waals surface area contributed by atoms with Crippen LogP contribution in [0.15, 0.2) is 24.4 Å². The lowest BCUT2D eigenvalue weighted by molar-refractivity contribution is 0.146. The maximum Gasteiger partial charge on any atom is 0.0416 e. The Balaban J connectivity index is 2.49. The van der Waals surface area contributed by atoms with E-state index in [0.29, 0.717) is 0 Å². The zero-order valence-electron chi connectivity index (χ0n) is 10.3. The first kappa shape index (κ1) is 12.2. The van der Waals surface area contributed by atoms with Gasteiger partial charge in [-0.2, -0.15) is 0 Å². The number of hydrogen-bond donors (Lipinski definition) is 0. The quantitative estimate of drug-likeness (QED) is 0.753. The standard InChI is InChI=1S/C13H22N2/c1-5-15(13(2,3)4)11-9-12-8-6-7-10-14-12/h6-8,10H,5,9,11H2,1-4H3. The van der Waals surface area contributed by atoms with Crippen molar-refractivity contribution in [1.82, 2.24) is 9.88 Å². The summed E-state index contributed by atoms with van der Waals surface area (Å²) in [7, 11) is 0. The Bertz CT molecular complexity index is 274. The number of hydrogen-bond acceptors (Lipinski definition) is 2. The summed E-state index contributed by atoms with van der Waals surface area (Å²) in [6.07, 6.45) is 2.90. The fourth-order valence-electron chi connectivity index (χ4n) is 1.76. The Hall–Kier alpha value is -0.890. The minimum absolute atomic E-state index is 0.254. The van der Waals surface area contributed by atoms with Gasteiger partial charge < -0.3 is 0 Å². The van der Waals surface area contributed by atoms with E-state index in [1.165, 1.54) is 5.69 Å². The molecule has 0 radical (unpaired) electrons. The van der Waals surface area contributed by atoms with Gasteiger partial charge in [-0.15, -0.1) is 0 Å². The predicted molar refractivity (Wildman–Crippen MR) is 64.9 cm³/mol. The fourth-order valence-corrected chi connectivity index (χ4v) is 1.76. The van der Waals surface area contributed by atoms with Crippen molar-refractivity contribution < 1.29 is 0 Å². The average Bonchev–Trinajstić information content (AvgIpc) is 2.18. The summed E-state index contributed by atoms with van der Waals surface area (Å²) in [4.78, 5) is 6.81. The van der Waals surface area contributed by atoms with Crippen LogP contribution in [0, 0.1) is 0 Å². The molecule has 0 aromatic carbocycles. The highest BCUT2D eigenvalue weighted by atomic mass is 15.2. The SMILES string of the molecule is CCN(CCc1ccccn1)C(C)(C)C. The molecule has 0 aliphatic carbocycles. The Kier molecular flexibility index (Phi) is 4.28. The van der Waals surface area contributed by atoms with Crippen LogP contribution in [0.5, 0.6) is 0 Å². The maximum absolute atomic E-state index is 4.34. The van der Waals surface area contributed by atoms with E-state index in [0.717, 1.165) is 19.5 Å². The van der Waals surface area contributed by atoms with E-state index in [2.05, 4.69) is 49.7 Å². The molecule has 0 saturated carbocycles. The van der Waals surface area contributed by atoms with E-state index in [-0.39, 0.29) is 5.54 Å². The Morgan fingerprint density at radius 1 is 1.27 bits per heavy atom. The summed E-state index contributed by atoms with van der Waals surface area (Å²) in [5.41, 5.74) is 1.43. The smallest absolute Gasteiger partial charge is 0.0416 e. The van der Waals surface area contributed by atoms with Crippen LogP contribution in [-0.2, 0) is 6.42 Å². The second kappa shape index (κ2) is 5.26. The van der Waals surface area contributed by atoms with Gasteiger partial charge in [0.25, 0.3) is 0 Å². The summed E-state index contributed by atoms with van der Waals surface area (Å²) < 4.78 is 0. The number of pyridine rings is 1. The van der Waals surface area contributed by atoms with E-state index in [1.54, 1.807) is 0 Å². The molecule has 0 N–H and O–H groups in total. The lowest BCUT2D eigenvalue weighted by Gasteiger charge is -2.34. The molecule has 1 rings (SSSR count). The molecular weight excluding hydrogens is 184 g/mol. The van der Waals surface area contributed by atoms with Crippen LogP contribution in [0.4, 0.5) is 0 Å². The minimum atomic E-state index is 0.254. The van der Waals surface area contributed by atoms with E-state index in [9.17, 15) is 0 Å². The number of aromatic nitrogens is 1. The van der Waals surface area contributed by atoms with E-state index < -0.39 is 0 Å². The van der Waals surface area contributed by atoms with Gasteiger partial charge in [-0.25, -0.2) is 0 Å². The van der Waals surface area contributed by atoms with Crippen molar-refractivity contribution in [2.75, 3.05) is 13.1 Å². The van der Waals surface area contributed by atoms with Gasteiger partial charge in [-0.1, -0.05) is 13.0 Å². The van der Waals surface area contributed by atoms with Crippen molar-refractivity contribution >= 4 is 0 Å². The molecular formula is C13H22N2. The highest BCUT2D eigenvalue weighted by Crippen LogP contribution is 2.13. The third-order valence-electron chi connectivity index (χ3n) is 2.69. The fraction of sp³-hybridized carbons (Fsp3) is 0.615. The van der Waals surface area contributed by atoms with Gasteiger partial charge in [0.1, 0.15) is 0 Å². The van der Waals surface area contributed by atoms with Gasteiger partial charge in [0.05, 0.1) is 0 Å². The lowest BCUT2D eigenvalue weighted by Crippen LogP contribution is -2.42. The van der Waals surface area contributed by atoms with Crippen LogP contribution >= 0.6 is 0 Å². The number of rotatable bonds is 4. The topological polar surface area (TPSA) is 16.1 Å². The molecule has 0 aliphatic heterocycles. The van der Waals surface area contributed by atoms with Crippen LogP contribution < -0.4 is 0 Å². The molecule has 1 aromatic rings. The average molecular weight is 206 g/mol. The Morgan fingerprint density at radius 3 is 2.47 bits per heavy atom. The normalized spacial score (nSPS) is 12.1. The molecule has 0 atom stereocenters. The minimum Gasteiger partial charge on any atom is -0.298 e. The van der Waals surface area contributed by atoms with Crippen molar-refractivity contribution in [2.45, 2.75) is 39.7 Å². The monoisotopic (exact) mass is 206 g/mol. The first-order valence-corrected chi connectivity index (χ1v) is 5.69. The van der Waals surface area contributed by atoms with Crippen molar-refractivity contribution in [1.29, 1.82) is 0 Å². The molecule has 2 heteroatoms. The van der Waals surface area contributed by atoms with Crippen LogP contribution in [-0.4, -0.2) is 28.5 Å². The van der Waals surface area contributed by atoms with Crippen LogP contribution in [0.2, 0.25) is 0 Å². The largest absolute Gasteiger partial charge is 0.298 e. The van der Waals surface area contributed by atoms with Crippen LogP contribution in [0.1, 0.15) is 33.4 Å². The second-order valence-electron chi connectivity index (χ2n) is 4.82. The molecule has 0 fully saturated rings. The van der Waals surface area contributed by atoms with Crippen LogP contribution in [0.25, 0.3) is 0 Å². The summed E-state index contributed by atoms with van der Waals surface area (Å²) in [5.74, 6) is 0. The molecule has 84 valence electrons. The summed E-state index contributed by atoms with van der Waals surface area (Å²) in [6.45, 7) is 11.2. The molecule has 0 aliphatic rings. The number of nitrogens with zero attached hydrogens (tertiary/aromatic N) is 2. The van der Waals surface area contributed by atoms with Gasteiger partial charge in [0.2, 0.25) is 0 Å². The molecule has 1 heterocycles. The third kappa shape index (κ3) is 4.00. The highest BCUT2D eigenvalue weighted by Gasteiger charge is 2.18. The highest BCUT2D eigenvalue weighted by molar-refractivity contribution is 5.03. The van der Waals surface area contributed by atoms with Crippen LogP contribution in [0.3, 0.4) is 0 Å². The zero-order valence-corrected chi connectivity index (χ0v) is 10.3. The molecule has 1 aromatic heterocycles. The lowest BCUT2D eigenvalue weighted by atomic mass is 10.1. The maximum atomic E-state index is 4.34. The summed E-state index contributed by atoms with van der Waals surface area (Å²) >= 11 is 0. The van der Waals surface area contributed by atoms with Gasteiger partial charge in [-0.3, -0.25) is 9.88 Å². The van der Waals surface area contributed by atoms with Crippen molar-refractivity contribution in [2.24, 2.45) is 0 Å². The summed E-state index contributed by atoms with van der Waals surface area (Å²) in [6, 6.07) is 6.11. The van der Waals surface area contributed by atoms with Crippen molar-refractivity contribution in [3.8, 4) is 0 Å². The van der Waals surface area contributed by atoms with Gasteiger partial charge in [0, 0.05) is 30.4 Å². The molecule has 0 spiro atoms. The second-order valence-corrected chi connectivity index (χ2v) is 4.82. The Morgan fingerprint density at radius 2 is 2.00 bits per heavy atom. The van der Waals surface area contributed by atoms with E-state index in [1.807, 2.05) is 12.3 Å². The molecule has 15 heavy (non-hydrogen) atoms. The van der Waals surface area contributed by atoms with Gasteiger partial charge >= 0.3 is 0 Å². The first-order valence-electron chi connectivity index (χ1n) is 5.69. The molecule has 0 amide bonds. The Labute approximate surface area is 93.3 Å². The molecule has 0 unspecified atom stereocenters.